The highest BCUT2D eigenvalue weighted by molar-refractivity contribution is 7.99. The van der Waals surface area contributed by atoms with Crippen molar-refractivity contribution in [1.82, 2.24) is 25.4 Å². The Morgan fingerprint density at radius 1 is 0.955 bits per heavy atom. The quantitative estimate of drug-likeness (QED) is 0.165. The Kier molecular flexibility index (Phi) is 10.5. The van der Waals surface area contributed by atoms with E-state index in [0.29, 0.717) is 40.2 Å². The first-order valence-corrected chi connectivity index (χ1v) is 16.8. The fourth-order valence-corrected chi connectivity index (χ4v) is 7.44. The van der Waals surface area contributed by atoms with Crippen LogP contribution in [-0.2, 0) is 30.7 Å². The highest BCUT2D eigenvalue weighted by Crippen LogP contribution is 2.38. The molecule has 230 valence electrons. The minimum absolute atomic E-state index is 0.0645. The number of hydrogen-bond acceptors (Lipinski definition) is 7. The zero-order chi connectivity index (χ0) is 31.1. The second-order valence-corrected chi connectivity index (χ2v) is 13.1. The number of nitrogens with zero attached hydrogens (tertiary/aromatic N) is 3. The molecule has 2 aromatic carbocycles. The first-order chi connectivity index (χ1) is 21.4. The summed E-state index contributed by atoms with van der Waals surface area (Å²) in [6.07, 6.45) is 3.87. The molecule has 44 heavy (non-hydrogen) atoms. The van der Waals surface area contributed by atoms with Crippen molar-refractivity contribution in [3.8, 4) is 0 Å². The lowest BCUT2D eigenvalue weighted by Crippen LogP contribution is -2.33. The van der Waals surface area contributed by atoms with Gasteiger partial charge in [-0.3, -0.25) is 14.4 Å². The molecule has 0 unspecified atom stereocenters. The third kappa shape index (κ3) is 7.39. The molecule has 1 atom stereocenters. The molecule has 4 aromatic rings. The topological polar surface area (TPSA) is 118 Å². The van der Waals surface area contributed by atoms with E-state index in [-0.39, 0.29) is 35.4 Å². The molecule has 2 heterocycles. The van der Waals surface area contributed by atoms with Crippen molar-refractivity contribution in [3.63, 3.8) is 0 Å². The average Bonchev–Trinajstić information content (AvgIpc) is 3.62. The van der Waals surface area contributed by atoms with E-state index in [1.807, 2.05) is 73.9 Å². The Balaban J connectivity index is 1.27. The van der Waals surface area contributed by atoms with Crippen molar-refractivity contribution in [2.45, 2.75) is 70.7 Å². The summed E-state index contributed by atoms with van der Waals surface area (Å²) in [4.78, 5) is 40.7. The third-order valence-corrected chi connectivity index (χ3v) is 9.78. The van der Waals surface area contributed by atoms with Gasteiger partial charge in [-0.2, -0.15) is 0 Å². The molecular weight excluding hydrogens is 593 g/mol. The highest BCUT2D eigenvalue weighted by Gasteiger charge is 2.28. The summed E-state index contributed by atoms with van der Waals surface area (Å²) in [5.41, 5.74) is 3.25. The number of carbonyl (C=O) groups is 3. The van der Waals surface area contributed by atoms with Gasteiger partial charge in [0.15, 0.2) is 11.0 Å². The van der Waals surface area contributed by atoms with Gasteiger partial charge in [0.05, 0.1) is 17.4 Å². The molecule has 0 saturated heterocycles. The number of hydrogen-bond donors (Lipinski definition) is 3. The number of benzene rings is 2. The van der Waals surface area contributed by atoms with E-state index >= 15 is 0 Å². The minimum Gasteiger partial charge on any atom is -0.348 e. The Morgan fingerprint density at radius 3 is 2.36 bits per heavy atom. The summed E-state index contributed by atoms with van der Waals surface area (Å²) in [6, 6.07) is 18.5. The van der Waals surface area contributed by atoms with Crippen molar-refractivity contribution in [3.05, 3.63) is 93.6 Å². The Morgan fingerprint density at radius 2 is 1.66 bits per heavy atom. The van der Waals surface area contributed by atoms with E-state index in [0.717, 1.165) is 36.8 Å². The van der Waals surface area contributed by atoms with Crippen LogP contribution in [0.15, 0.2) is 65.8 Å². The van der Waals surface area contributed by atoms with Crippen LogP contribution in [0, 0.1) is 5.92 Å². The van der Waals surface area contributed by atoms with Gasteiger partial charge in [0, 0.05) is 23.5 Å². The summed E-state index contributed by atoms with van der Waals surface area (Å²) in [6.45, 7) is 7.05. The molecule has 0 saturated carbocycles. The highest BCUT2D eigenvalue weighted by atomic mass is 32.2. The van der Waals surface area contributed by atoms with Gasteiger partial charge in [0.25, 0.3) is 11.8 Å². The number of thiophene rings is 1. The Bertz CT molecular complexity index is 1600. The largest absolute Gasteiger partial charge is 0.348 e. The Hall–Kier alpha value is -3.96. The summed E-state index contributed by atoms with van der Waals surface area (Å²) < 4.78 is 1.94. The van der Waals surface area contributed by atoms with Crippen molar-refractivity contribution < 1.29 is 14.4 Å². The summed E-state index contributed by atoms with van der Waals surface area (Å²) in [7, 11) is 0. The normalized spacial score (nSPS) is 13.3. The van der Waals surface area contributed by atoms with Crippen molar-refractivity contribution >= 4 is 45.8 Å². The third-order valence-electron chi connectivity index (χ3n) is 7.61. The second kappa shape index (κ2) is 14.7. The maximum Gasteiger partial charge on any atom is 0.254 e. The molecule has 1 aliphatic carbocycles. The van der Waals surface area contributed by atoms with E-state index in [4.69, 9.17) is 0 Å². The summed E-state index contributed by atoms with van der Waals surface area (Å²) >= 11 is 2.80. The van der Waals surface area contributed by atoms with Crippen LogP contribution in [0.2, 0.25) is 0 Å². The molecule has 3 N–H and O–H groups in total. The van der Waals surface area contributed by atoms with E-state index in [9.17, 15) is 14.4 Å². The van der Waals surface area contributed by atoms with Gasteiger partial charge in [-0.15, -0.1) is 21.5 Å². The number of fused-ring (bicyclic) bond motifs is 1. The van der Waals surface area contributed by atoms with Gasteiger partial charge >= 0.3 is 0 Å². The predicted molar refractivity (Wildman–Crippen MR) is 175 cm³/mol. The molecule has 11 heteroatoms. The predicted octanol–water partition coefficient (Wildman–Crippen LogP) is 6.03. The van der Waals surface area contributed by atoms with Gasteiger partial charge < -0.3 is 20.5 Å². The molecule has 5 rings (SSSR count). The summed E-state index contributed by atoms with van der Waals surface area (Å²) in [5, 5.41) is 19.2. The van der Waals surface area contributed by atoms with E-state index in [1.165, 1.54) is 28.0 Å². The van der Waals surface area contributed by atoms with Crippen molar-refractivity contribution in [2.24, 2.45) is 5.92 Å². The lowest BCUT2D eigenvalue weighted by atomic mass is 9.95. The number of aryl methyl sites for hydroxylation is 1. The van der Waals surface area contributed by atoms with Crippen molar-refractivity contribution in [2.75, 3.05) is 11.1 Å². The van der Waals surface area contributed by atoms with Crippen LogP contribution in [0.25, 0.3) is 0 Å². The first kappa shape index (κ1) is 31.5. The van der Waals surface area contributed by atoms with Gasteiger partial charge in [0.2, 0.25) is 5.91 Å². The van der Waals surface area contributed by atoms with Gasteiger partial charge in [0.1, 0.15) is 5.00 Å². The zero-order valence-corrected chi connectivity index (χ0v) is 26.9. The van der Waals surface area contributed by atoms with Crippen LogP contribution in [-0.4, -0.2) is 38.2 Å². The van der Waals surface area contributed by atoms with Crippen LogP contribution in [0.5, 0.6) is 0 Å². The SMILES string of the molecule is CCn1c(SCC(=O)Nc2sc3c(c2C(=O)NCc2ccccc2)CCCC3)nnc1[C@@H](NC(=O)c1ccccc1)C(C)C. The standard InChI is InChI=1S/C33H38N6O3S2/c1-4-39-29(28(21(2)3)36-30(41)23-15-9-6-10-16-23)37-38-33(39)43-20-26(40)35-32-27(24-17-11-12-18-25(24)44-32)31(42)34-19-22-13-7-5-8-14-22/h5-10,13-16,21,28H,4,11-12,17-20H2,1-3H3,(H,34,42)(H,35,40)(H,36,41)/t28-/m0/s1. The number of rotatable bonds is 12. The minimum atomic E-state index is -0.354. The number of nitrogens with one attached hydrogen (secondary N) is 3. The van der Waals surface area contributed by atoms with E-state index in [1.54, 1.807) is 12.1 Å². The van der Waals surface area contributed by atoms with E-state index < -0.39 is 0 Å². The Labute approximate surface area is 266 Å². The maximum atomic E-state index is 13.4. The molecule has 0 bridgehead atoms. The number of amides is 3. The lowest BCUT2D eigenvalue weighted by molar-refractivity contribution is -0.113. The number of anilines is 1. The van der Waals surface area contributed by atoms with Crippen LogP contribution in [0.4, 0.5) is 5.00 Å². The molecule has 2 aromatic heterocycles. The second-order valence-electron chi connectivity index (χ2n) is 11.1. The fourth-order valence-electron chi connectivity index (χ4n) is 5.33. The van der Waals surface area contributed by atoms with Crippen molar-refractivity contribution in [1.29, 1.82) is 0 Å². The molecule has 0 fully saturated rings. The molecular formula is C33H38N6O3S2. The molecule has 3 amide bonds. The molecule has 0 spiro atoms. The van der Waals surface area contributed by atoms with Crippen LogP contribution >= 0.6 is 23.1 Å². The van der Waals surface area contributed by atoms with Gasteiger partial charge in [-0.1, -0.05) is 74.1 Å². The average molecular weight is 631 g/mol. The van der Waals surface area contributed by atoms with Crippen LogP contribution in [0.3, 0.4) is 0 Å². The monoisotopic (exact) mass is 630 g/mol. The molecule has 1 aliphatic rings. The van der Waals surface area contributed by atoms with Gasteiger partial charge in [-0.05, 0) is 61.8 Å². The molecule has 0 radical (unpaired) electrons. The summed E-state index contributed by atoms with van der Waals surface area (Å²) in [5.74, 6) is 0.270. The maximum absolute atomic E-state index is 13.4. The molecule has 9 nitrogen and oxygen atoms in total. The molecule has 0 aliphatic heterocycles. The van der Waals surface area contributed by atoms with Gasteiger partial charge in [-0.25, -0.2) is 0 Å². The first-order valence-electron chi connectivity index (χ1n) is 15.0. The number of carbonyl (C=O) groups excluding carboxylic acids is 3. The lowest BCUT2D eigenvalue weighted by Gasteiger charge is -2.22. The van der Waals surface area contributed by atoms with Crippen LogP contribution in [0.1, 0.15) is 82.2 Å². The zero-order valence-electron chi connectivity index (χ0n) is 25.3. The van der Waals surface area contributed by atoms with E-state index in [2.05, 4.69) is 26.1 Å². The van der Waals surface area contributed by atoms with Crippen LogP contribution < -0.4 is 16.0 Å². The number of aromatic nitrogens is 3. The smallest absolute Gasteiger partial charge is 0.254 e. The fraction of sp³-hybridized carbons (Fsp3) is 0.364. The number of thioether (sulfide) groups is 1.